The maximum absolute atomic E-state index is 10.4. The SMILES string of the molecule is CC1(C)C2CC=C(OCC(=O)O)C1C2. The fourth-order valence-electron chi connectivity index (χ4n) is 2.60. The van der Waals surface area contributed by atoms with E-state index in [1.165, 1.54) is 6.42 Å². The monoisotopic (exact) mass is 196 g/mol. The third-order valence-electron chi connectivity index (χ3n) is 3.78. The Morgan fingerprint density at radius 3 is 2.93 bits per heavy atom. The third-order valence-corrected chi connectivity index (χ3v) is 3.78. The molecular formula is C11H16O3. The average Bonchev–Trinajstić information content (AvgIpc) is 2.14. The van der Waals surface area contributed by atoms with Crippen LogP contribution in [0.3, 0.4) is 0 Å². The van der Waals surface area contributed by atoms with Crippen molar-refractivity contribution in [3.8, 4) is 0 Å². The van der Waals surface area contributed by atoms with Crippen molar-refractivity contribution in [3.05, 3.63) is 11.8 Å². The van der Waals surface area contributed by atoms with E-state index in [-0.39, 0.29) is 6.61 Å². The molecule has 2 unspecified atom stereocenters. The molecule has 3 heteroatoms. The van der Waals surface area contributed by atoms with Crippen LogP contribution >= 0.6 is 0 Å². The Morgan fingerprint density at radius 1 is 1.71 bits per heavy atom. The predicted molar refractivity (Wildman–Crippen MR) is 51.7 cm³/mol. The fourth-order valence-corrected chi connectivity index (χ4v) is 2.60. The number of hydrogen-bond acceptors (Lipinski definition) is 2. The van der Waals surface area contributed by atoms with Crippen LogP contribution in [0.5, 0.6) is 0 Å². The van der Waals surface area contributed by atoms with Crippen LogP contribution in [0.4, 0.5) is 0 Å². The summed E-state index contributed by atoms with van der Waals surface area (Å²) >= 11 is 0. The Morgan fingerprint density at radius 2 is 2.43 bits per heavy atom. The molecule has 0 aromatic carbocycles. The van der Waals surface area contributed by atoms with Crippen molar-refractivity contribution in [2.45, 2.75) is 26.7 Å². The molecule has 1 fully saturated rings. The molecule has 3 nitrogen and oxygen atoms in total. The zero-order valence-electron chi connectivity index (χ0n) is 8.62. The summed E-state index contributed by atoms with van der Waals surface area (Å²) in [6.45, 7) is 4.27. The molecule has 3 aliphatic rings. The van der Waals surface area contributed by atoms with Gasteiger partial charge in [0.05, 0.1) is 5.76 Å². The number of carbonyl (C=O) groups is 1. The van der Waals surface area contributed by atoms with Crippen molar-refractivity contribution in [1.82, 2.24) is 0 Å². The van der Waals surface area contributed by atoms with Crippen LogP contribution in [0.1, 0.15) is 26.7 Å². The normalized spacial score (nSPS) is 32.9. The lowest BCUT2D eigenvalue weighted by molar-refractivity contribution is -0.142. The van der Waals surface area contributed by atoms with E-state index in [0.29, 0.717) is 11.3 Å². The number of fused-ring (bicyclic) bond motifs is 1. The number of rotatable bonds is 3. The molecule has 0 amide bonds. The maximum Gasteiger partial charge on any atom is 0.341 e. The Hall–Kier alpha value is -0.990. The maximum atomic E-state index is 10.4. The molecule has 3 aliphatic carbocycles. The van der Waals surface area contributed by atoms with Crippen LogP contribution in [0, 0.1) is 17.3 Å². The highest BCUT2D eigenvalue weighted by molar-refractivity contribution is 5.68. The molecule has 2 bridgehead atoms. The molecule has 0 saturated heterocycles. The van der Waals surface area contributed by atoms with E-state index in [0.717, 1.165) is 18.1 Å². The molecule has 1 saturated carbocycles. The number of carboxylic acids is 1. The van der Waals surface area contributed by atoms with Gasteiger partial charge >= 0.3 is 5.97 Å². The second kappa shape index (κ2) is 3.01. The highest BCUT2D eigenvalue weighted by atomic mass is 16.5. The summed E-state index contributed by atoms with van der Waals surface area (Å²) in [5, 5.41) is 8.52. The first-order chi connectivity index (χ1) is 6.51. The van der Waals surface area contributed by atoms with Crippen LogP contribution in [-0.4, -0.2) is 17.7 Å². The number of hydrogen-bond donors (Lipinski definition) is 1. The van der Waals surface area contributed by atoms with Crippen molar-refractivity contribution in [1.29, 1.82) is 0 Å². The molecule has 3 rings (SSSR count). The molecule has 1 N–H and O–H groups in total. The second-order valence-electron chi connectivity index (χ2n) is 4.83. The van der Waals surface area contributed by atoms with E-state index in [1.807, 2.05) is 0 Å². The summed E-state index contributed by atoms with van der Waals surface area (Å²) in [6, 6.07) is 0. The standard InChI is InChI=1S/C11H16O3/c1-11(2)7-3-4-9(8(11)5-7)14-6-10(12)13/h4,7-8H,3,5-6H2,1-2H3,(H,12,13). The molecule has 0 aromatic rings. The molecule has 0 aliphatic heterocycles. The molecule has 0 spiro atoms. The van der Waals surface area contributed by atoms with Gasteiger partial charge < -0.3 is 9.84 Å². The lowest BCUT2D eigenvalue weighted by atomic mass is 9.50. The van der Waals surface area contributed by atoms with Gasteiger partial charge in [-0.1, -0.05) is 13.8 Å². The van der Waals surface area contributed by atoms with Gasteiger partial charge in [0.15, 0.2) is 6.61 Å². The Balaban J connectivity index is 2.00. The van der Waals surface area contributed by atoms with Gasteiger partial charge in [0.1, 0.15) is 0 Å². The van der Waals surface area contributed by atoms with Gasteiger partial charge in [-0.05, 0) is 30.3 Å². The molecule has 0 aromatic heterocycles. The van der Waals surface area contributed by atoms with Crippen molar-refractivity contribution in [3.63, 3.8) is 0 Å². The summed E-state index contributed by atoms with van der Waals surface area (Å²) in [6.07, 6.45) is 4.27. The highest BCUT2D eigenvalue weighted by Crippen LogP contribution is 2.59. The van der Waals surface area contributed by atoms with E-state index in [9.17, 15) is 4.79 Å². The first-order valence-electron chi connectivity index (χ1n) is 5.06. The fraction of sp³-hybridized carbons (Fsp3) is 0.727. The van der Waals surface area contributed by atoms with E-state index in [4.69, 9.17) is 9.84 Å². The highest BCUT2D eigenvalue weighted by Gasteiger charge is 2.52. The molecule has 0 radical (unpaired) electrons. The summed E-state index contributed by atoms with van der Waals surface area (Å²) < 4.78 is 5.29. The van der Waals surface area contributed by atoms with Gasteiger partial charge in [-0.15, -0.1) is 0 Å². The van der Waals surface area contributed by atoms with E-state index in [2.05, 4.69) is 19.9 Å². The summed E-state index contributed by atoms with van der Waals surface area (Å²) in [4.78, 5) is 10.4. The number of ether oxygens (including phenoxy) is 1. The topological polar surface area (TPSA) is 46.5 Å². The Bertz CT molecular complexity index is 291. The van der Waals surface area contributed by atoms with E-state index >= 15 is 0 Å². The van der Waals surface area contributed by atoms with Gasteiger partial charge in [0, 0.05) is 5.92 Å². The molecule has 78 valence electrons. The average molecular weight is 196 g/mol. The smallest absolute Gasteiger partial charge is 0.341 e. The second-order valence-corrected chi connectivity index (χ2v) is 4.83. The lowest BCUT2D eigenvalue weighted by Crippen LogP contribution is -2.48. The van der Waals surface area contributed by atoms with Gasteiger partial charge in [0.2, 0.25) is 0 Å². The van der Waals surface area contributed by atoms with Crippen LogP contribution in [0.25, 0.3) is 0 Å². The Kier molecular flexibility index (Phi) is 2.05. The van der Waals surface area contributed by atoms with E-state index < -0.39 is 5.97 Å². The third kappa shape index (κ3) is 1.31. The van der Waals surface area contributed by atoms with Crippen molar-refractivity contribution < 1.29 is 14.6 Å². The summed E-state index contributed by atoms with van der Waals surface area (Å²) in [5.41, 5.74) is 0.308. The quantitative estimate of drug-likeness (QED) is 0.751. The van der Waals surface area contributed by atoms with Crippen LogP contribution in [-0.2, 0) is 9.53 Å². The minimum atomic E-state index is -0.898. The molecule has 0 heterocycles. The summed E-state index contributed by atoms with van der Waals surface area (Å²) in [7, 11) is 0. The zero-order chi connectivity index (χ0) is 10.3. The first-order valence-corrected chi connectivity index (χ1v) is 5.06. The molecule has 2 atom stereocenters. The first kappa shape index (κ1) is 9.56. The van der Waals surface area contributed by atoms with Crippen LogP contribution in [0.2, 0.25) is 0 Å². The predicted octanol–water partition coefficient (Wildman–Crippen LogP) is 2.04. The largest absolute Gasteiger partial charge is 0.486 e. The van der Waals surface area contributed by atoms with Gasteiger partial charge in [-0.25, -0.2) is 4.79 Å². The number of aliphatic carboxylic acids is 1. The van der Waals surface area contributed by atoms with Crippen molar-refractivity contribution in [2.24, 2.45) is 17.3 Å². The summed E-state index contributed by atoms with van der Waals surface area (Å²) in [5.74, 6) is 1.22. The zero-order valence-corrected chi connectivity index (χ0v) is 8.62. The number of carboxylic acid groups (broad SMARTS) is 1. The lowest BCUT2D eigenvalue weighted by Gasteiger charge is -2.55. The van der Waals surface area contributed by atoms with E-state index in [1.54, 1.807) is 0 Å². The minimum absolute atomic E-state index is 0.205. The minimum Gasteiger partial charge on any atom is -0.486 e. The van der Waals surface area contributed by atoms with Gasteiger partial charge in [-0.2, -0.15) is 0 Å². The van der Waals surface area contributed by atoms with Crippen LogP contribution in [0.15, 0.2) is 11.8 Å². The molecular weight excluding hydrogens is 180 g/mol. The van der Waals surface area contributed by atoms with Crippen molar-refractivity contribution in [2.75, 3.05) is 6.61 Å². The number of allylic oxidation sites excluding steroid dienone is 2. The molecule has 14 heavy (non-hydrogen) atoms. The van der Waals surface area contributed by atoms with Gasteiger partial charge in [0.25, 0.3) is 0 Å². The van der Waals surface area contributed by atoms with Crippen LogP contribution < -0.4 is 0 Å². The van der Waals surface area contributed by atoms with Crippen molar-refractivity contribution >= 4 is 5.97 Å². The van der Waals surface area contributed by atoms with Gasteiger partial charge in [-0.3, -0.25) is 0 Å². The Labute approximate surface area is 83.8 Å².